The van der Waals surface area contributed by atoms with Crippen LogP contribution in [0, 0.1) is 6.92 Å². The first-order valence-electron chi connectivity index (χ1n) is 8.40. The molecule has 2 saturated heterocycles. The van der Waals surface area contributed by atoms with E-state index >= 15 is 0 Å². The van der Waals surface area contributed by atoms with Gasteiger partial charge in [-0.1, -0.05) is 29.8 Å². The van der Waals surface area contributed by atoms with Gasteiger partial charge in [0.2, 0.25) is 5.91 Å². The van der Waals surface area contributed by atoms with Crippen molar-refractivity contribution < 1.29 is 9.90 Å². The van der Waals surface area contributed by atoms with E-state index in [9.17, 15) is 9.90 Å². The lowest BCUT2D eigenvalue weighted by molar-refractivity contribution is -0.130. The third-order valence-electron chi connectivity index (χ3n) is 4.92. The molecule has 22 heavy (non-hydrogen) atoms. The minimum Gasteiger partial charge on any atom is -0.387 e. The molecule has 0 bridgehead atoms. The Morgan fingerprint density at radius 1 is 1.23 bits per heavy atom. The molecule has 2 aliphatic rings. The third kappa shape index (κ3) is 3.50. The third-order valence-corrected chi connectivity index (χ3v) is 4.92. The van der Waals surface area contributed by atoms with Gasteiger partial charge in [0.15, 0.2) is 0 Å². The quantitative estimate of drug-likeness (QED) is 0.926. The van der Waals surface area contributed by atoms with Crippen molar-refractivity contribution in [2.45, 2.75) is 44.8 Å². The van der Waals surface area contributed by atoms with Crippen LogP contribution in [-0.4, -0.2) is 53.0 Å². The van der Waals surface area contributed by atoms with Crippen LogP contribution in [0.4, 0.5) is 0 Å². The first-order valence-corrected chi connectivity index (χ1v) is 8.40. The zero-order chi connectivity index (χ0) is 15.5. The number of aryl methyl sites for hydroxylation is 1. The van der Waals surface area contributed by atoms with Crippen molar-refractivity contribution in [1.82, 2.24) is 9.80 Å². The second-order valence-corrected chi connectivity index (χ2v) is 6.67. The van der Waals surface area contributed by atoms with Crippen molar-refractivity contribution in [3.63, 3.8) is 0 Å². The molecule has 3 rings (SSSR count). The van der Waals surface area contributed by atoms with Crippen molar-refractivity contribution >= 4 is 5.91 Å². The molecule has 0 spiro atoms. The van der Waals surface area contributed by atoms with Crippen LogP contribution in [0.3, 0.4) is 0 Å². The minimum absolute atomic E-state index is 0.311. The molecular formula is C18H26N2O2. The summed E-state index contributed by atoms with van der Waals surface area (Å²) in [5.74, 6) is 0.311. The van der Waals surface area contributed by atoms with E-state index in [1.165, 1.54) is 5.56 Å². The number of carbonyl (C=O) groups excluding carboxylic acids is 1. The Labute approximate surface area is 132 Å². The number of nitrogens with zero attached hydrogens (tertiary/aromatic N) is 2. The van der Waals surface area contributed by atoms with E-state index in [4.69, 9.17) is 0 Å². The zero-order valence-corrected chi connectivity index (χ0v) is 13.4. The highest BCUT2D eigenvalue weighted by Crippen LogP contribution is 2.23. The van der Waals surface area contributed by atoms with Crippen LogP contribution in [0.25, 0.3) is 0 Å². The van der Waals surface area contributed by atoms with Gasteiger partial charge < -0.3 is 10.0 Å². The van der Waals surface area contributed by atoms with Crippen LogP contribution in [0.1, 0.15) is 42.9 Å². The molecule has 1 amide bonds. The summed E-state index contributed by atoms with van der Waals surface area (Å²) < 4.78 is 0. The molecule has 2 aliphatic heterocycles. The SMILES string of the molecule is Cc1ccc(C(O)CN2CCCC(N3CCCC3=O)C2)cc1. The molecule has 0 saturated carbocycles. The number of piperidine rings is 1. The van der Waals surface area contributed by atoms with Gasteiger partial charge in [0.25, 0.3) is 0 Å². The smallest absolute Gasteiger partial charge is 0.222 e. The highest BCUT2D eigenvalue weighted by atomic mass is 16.3. The molecule has 0 aromatic heterocycles. The molecule has 120 valence electrons. The summed E-state index contributed by atoms with van der Waals surface area (Å²) in [6, 6.07) is 8.44. The predicted molar refractivity (Wildman–Crippen MR) is 86.5 cm³/mol. The maximum Gasteiger partial charge on any atom is 0.222 e. The van der Waals surface area contributed by atoms with Gasteiger partial charge in [-0.15, -0.1) is 0 Å². The van der Waals surface area contributed by atoms with Crippen LogP contribution < -0.4 is 0 Å². The fourth-order valence-corrected chi connectivity index (χ4v) is 3.65. The topological polar surface area (TPSA) is 43.8 Å². The number of benzene rings is 1. The molecule has 2 atom stereocenters. The first kappa shape index (κ1) is 15.5. The Hall–Kier alpha value is -1.39. The van der Waals surface area contributed by atoms with Crippen molar-refractivity contribution in [3.05, 3.63) is 35.4 Å². The summed E-state index contributed by atoms with van der Waals surface area (Å²) in [4.78, 5) is 16.3. The van der Waals surface area contributed by atoms with E-state index in [2.05, 4.69) is 16.7 Å². The molecule has 2 fully saturated rings. The maximum absolute atomic E-state index is 11.9. The number of likely N-dealkylation sites (tertiary alicyclic amines) is 2. The Kier molecular flexibility index (Phi) is 4.79. The van der Waals surface area contributed by atoms with E-state index in [1.54, 1.807) is 0 Å². The average Bonchev–Trinajstić information content (AvgIpc) is 2.94. The molecule has 4 nitrogen and oxygen atoms in total. The minimum atomic E-state index is -0.450. The van der Waals surface area contributed by atoms with Crippen molar-refractivity contribution in [3.8, 4) is 0 Å². The lowest BCUT2D eigenvalue weighted by Gasteiger charge is -2.38. The molecule has 1 N–H and O–H groups in total. The second kappa shape index (κ2) is 6.80. The second-order valence-electron chi connectivity index (χ2n) is 6.67. The summed E-state index contributed by atoms with van der Waals surface area (Å²) >= 11 is 0. The average molecular weight is 302 g/mol. The summed E-state index contributed by atoms with van der Waals surface area (Å²) in [7, 11) is 0. The number of hydrogen-bond donors (Lipinski definition) is 1. The van der Waals surface area contributed by atoms with Gasteiger partial charge >= 0.3 is 0 Å². The van der Waals surface area contributed by atoms with E-state index in [0.717, 1.165) is 44.5 Å². The van der Waals surface area contributed by atoms with Gasteiger partial charge in [0, 0.05) is 32.1 Å². The fourth-order valence-electron chi connectivity index (χ4n) is 3.65. The van der Waals surface area contributed by atoms with Crippen LogP contribution in [0.5, 0.6) is 0 Å². The lowest BCUT2D eigenvalue weighted by Crippen LogP contribution is -2.49. The largest absolute Gasteiger partial charge is 0.387 e. The number of aliphatic hydroxyl groups is 1. The van der Waals surface area contributed by atoms with E-state index in [-0.39, 0.29) is 0 Å². The summed E-state index contributed by atoms with van der Waals surface area (Å²) in [5.41, 5.74) is 2.19. The molecule has 1 aromatic rings. The molecule has 2 heterocycles. The van der Waals surface area contributed by atoms with Gasteiger partial charge in [-0.25, -0.2) is 0 Å². The summed E-state index contributed by atoms with van der Waals surface area (Å²) in [6.45, 7) is 5.54. The molecule has 4 heteroatoms. The molecule has 0 radical (unpaired) electrons. The Bertz CT molecular complexity index is 514. The van der Waals surface area contributed by atoms with Gasteiger partial charge in [0.05, 0.1) is 6.10 Å². The maximum atomic E-state index is 11.9. The monoisotopic (exact) mass is 302 g/mol. The van der Waals surface area contributed by atoms with Gasteiger partial charge in [-0.2, -0.15) is 0 Å². The first-order chi connectivity index (χ1) is 10.6. The van der Waals surface area contributed by atoms with Crippen LogP contribution in [0.15, 0.2) is 24.3 Å². The van der Waals surface area contributed by atoms with E-state index in [0.29, 0.717) is 24.9 Å². The normalized spacial score (nSPS) is 24.7. The molecular weight excluding hydrogens is 276 g/mol. The fraction of sp³-hybridized carbons (Fsp3) is 0.611. The van der Waals surface area contributed by atoms with Crippen LogP contribution in [-0.2, 0) is 4.79 Å². The highest BCUT2D eigenvalue weighted by Gasteiger charge is 2.31. The van der Waals surface area contributed by atoms with Gasteiger partial charge in [-0.3, -0.25) is 9.69 Å². The lowest BCUT2D eigenvalue weighted by atomic mass is 10.0. The predicted octanol–water partition coefficient (Wildman–Crippen LogP) is 2.12. The number of amides is 1. The Morgan fingerprint density at radius 3 is 2.68 bits per heavy atom. The van der Waals surface area contributed by atoms with Crippen LogP contribution in [0.2, 0.25) is 0 Å². The summed E-state index contributed by atoms with van der Waals surface area (Å²) in [5, 5.41) is 10.4. The zero-order valence-electron chi connectivity index (χ0n) is 13.4. The number of aliphatic hydroxyl groups excluding tert-OH is 1. The Balaban J connectivity index is 1.58. The molecule has 0 aliphatic carbocycles. The summed E-state index contributed by atoms with van der Waals surface area (Å²) in [6.07, 6.45) is 3.47. The number of β-amino-alcohol motifs (C(OH)–C–C–N with tert-alkyl or cyclic N) is 1. The number of hydrogen-bond acceptors (Lipinski definition) is 3. The highest BCUT2D eigenvalue weighted by molar-refractivity contribution is 5.78. The van der Waals surface area contributed by atoms with Gasteiger partial charge in [-0.05, 0) is 38.3 Å². The number of rotatable bonds is 4. The molecule has 1 aromatic carbocycles. The van der Waals surface area contributed by atoms with Crippen LogP contribution >= 0.6 is 0 Å². The van der Waals surface area contributed by atoms with Crippen molar-refractivity contribution in [2.75, 3.05) is 26.2 Å². The van der Waals surface area contributed by atoms with Crippen molar-refractivity contribution in [1.29, 1.82) is 0 Å². The van der Waals surface area contributed by atoms with E-state index in [1.807, 2.05) is 24.3 Å². The number of carbonyl (C=O) groups is 1. The van der Waals surface area contributed by atoms with E-state index < -0.39 is 6.10 Å². The Morgan fingerprint density at radius 2 is 2.00 bits per heavy atom. The van der Waals surface area contributed by atoms with Crippen molar-refractivity contribution in [2.24, 2.45) is 0 Å². The standard InChI is InChI=1S/C18H26N2O2/c1-14-6-8-15(9-7-14)17(21)13-19-10-2-4-16(12-19)20-11-3-5-18(20)22/h6-9,16-17,21H,2-5,10-13H2,1H3. The molecule has 2 unspecified atom stereocenters. The van der Waals surface area contributed by atoms with Gasteiger partial charge in [0.1, 0.15) is 0 Å².